The van der Waals surface area contributed by atoms with Crippen LogP contribution in [0.1, 0.15) is 6.42 Å². The van der Waals surface area contributed by atoms with Gasteiger partial charge in [-0.3, -0.25) is 0 Å². The molecule has 18 heavy (non-hydrogen) atoms. The molecule has 2 heterocycles. The van der Waals surface area contributed by atoms with Crippen molar-refractivity contribution in [2.24, 2.45) is 0 Å². The minimum absolute atomic E-state index is 0.434. The molecule has 0 bridgehead atoms. The highest BCUT2D eigenvalue weighted by atomic mass is 16.5. The summed E-state index contributed by atoms with van der Waals surface area (Å²) in [5, 5.41) is 1.08. The predicted octanol–water partition coefficient (Wildman–Crippen LogP) is 2.04. The molecule has 94 valence electrons. The molecule has 0 saturated carbocycles. The smallest absolute Gasteiger partial charge is 0.129 e. The van der Waals surface area contributed by atoms with E-state index in [9.17, 15) is 0 Å². The molecule has 1 aliphatic rings. The summed E-state index contributed by atoms with van der Waals surface area (Å²) in [6, 6.07) is 10.3. The molecule has 1 unspecified atom stereocenters. The van der Waals surface area contributed by atoms with Crippen molar-refractivity contribution < 1.29 is 4.74 Å². The summed E-state index contributed by atoms with van der Waals surface area (Å²) in [4.78, 5) is 6.87. The van der Waals surface area contributed by atoms with Crippen molar-refractivity contribution in [3.8, 4) is 0 Å². The number of pyridine rings is 1. The molecule has 4 heteroatoms. The molecule has 1 aromatic carbocycles. The molecule has 1 fully saturated rings. The van der Waals surface area contributed by atoms with Crippen molar-refractivity contribution in [2.75, 3.05) is 30.9 Å². The summed E-state index contributed by atoms with van der Waals surface area (Å²) in [7, 11) is 2.07. The molecule has 2 aromatic rings. The monoisotopic (exact) mass is 243 g/mol. The van der Waals surface area contributed by atoms with Crippen LogP contribution in [0.25, 0.3) is 10.9 Å². The van der Waals surface area contributed by atoms with Gasteiger partial charge in [-0.1, -0.05) is 0 Å². The average molecular weight is 243 g/mol. The van der Waals surface area contributed by atoms with Gasteiger partial charge in [-0.05, 0) is 36.8 Å². The summed E-state index contributed by atoms with van der Waals surface area (Å²) in [5.41, 5.74) is 7.52. The number of hydrogen-bond donors (Lipinski definition) is 1. The van der Waals surface area contributed by atoms with E-state index in [0.29, 0.717) is 6.04 Å². The molecule has 0 spiro atoms. The lowest BCUT2D eigenvalue weighted by Gasteiger charge is -2.24. The fraction of sp³-hybridized carbons (Fsp3) is 0.357. The molecule has 1 aliphatic heterocycles. The first-order valence-electron chi connectivity index (χ1n) is 6.21. The van der Waals surface area contributed by atoms with Gasteiger partial charge >= 0.3 is 0 Å². The Morgan fingerprint density at radius 3 is 3.00 bits per heavy atom. The Kier molecular flexibility index (Phi) is 2.80. The van der Waals surface area contributed by atoms with E-state index < -0.39 is 0 Å². The topological polar surface area (TPSA) is 51.4 Å². The van der Waals surface area contributed by atoms with Crippen LogP contribution in [0.3, 0.4) is 0 Å². The molecule has 3 rings (SSSR count). The first-order chi connectivity index (χ1) is 8.74. The van der Waals surface area contributed by atoms with Gasteiger partial charge in [0.15, 0.2) is 0 Å². The van der Waals surface area contributed by atoms with Crippen LogP contribution in [0.5, 0.6) is 0 Å². The highest BCUT2D eigenvalue weighted by Gasteiger charge is 2.21. The number of rotatable bonds is 2. The zero-order valence-corrected chi connectivity index (χ0v) is 10.5. The third kappa shape index (κ3) is 1.99. The summed E-state index contributed by atoms with van der Waals surface area (Å²) < 4.78 is 5.42. The maximum atomic E-state index is 5.77. The fourth-order valence-corrected chi connectivity index (χ4v) is 2.34. The summed E-state index contributed by atoms with van der Waals surface area (Å²) >= 11 is 0. The molecule has 0 radical (unpaired) electrons. The van der Waals surface area contributed by atoms with Crippen molar-refractivity contribution >= 4 is 22.4 Å². The van der Waals surface area contributed by atoms with Gasteiger partial charge in [0, 0.05) is 24.7 Å². The molecule has 4 nitrogen and oxygen atoms in total. The van der Waals surface area contributed by atoms with Crippen LogP contribution in [0.15, 0.2) is 30.3 Å². The Morgan fingerprint density at radius 2 is 2.22 bits per heavy atom. The number of likely N-dealkylation sites (N-methyl/N-ethyl adjacent to an activating group) is 1. The van der Waals surface area contributed by atoms with Crippen LogP contribution in [-0.4, -0.2) is 31.3 Å². The van der Waals surface area contributed by atoms with E-state index >= 15 is 0 Å². The largest absolute Gasteiger partial charge is 0.399 e. The Bertz CT molecular complexity index is 564. The van der Waals surface area contributed by atoms with Crippen LogP contribution in [0.4, 0.5) is 11.5 Å². The van der Waals surface area contributed by atoms with E-state index in [1.165, 1.54) is 0 Å². The standard InChI is InChI=1S/C14H17N3O/c1-17(12-6-7-18-9-12)14-5-2-10-8-11(15)3-4-13(10)16-14/h2-5,8,12H,6-7,9,15H2,1H3. The first-order valence-corrected chi connectivity index (χ1v) is 6.21. The predicted molar refractivity (Wildman–Crippen MR) is 73.8 cm³/mol. The lowest BCUT2D eigenvalue weighted by atomic mass is 10.2. The van der Waals surface area contributed by atoms with Crippen LogP contribution in [-0.2, 0) is 4.74 Å². The van der Waals surface area contributed by atoms with Gasteiger partial charge in [0.25, 0.3) is 0 Å². The van der Waals surface area contributed by atoms with E-state index in [4.69, 9.17) is 10.5 Å². The highest BCUT2D eigenvalue weighted by molar-refractivity contribution is 5.83. The van der Waals surface area contributed by atoms with Crippen molar-refractivity contribution in [2.45, 2.75) is 12.5 Å². The molecule has 1 aromatic heterocycles. The average Bonchev–Trinajstić information content (AvgIpc) is 2.91. The molecule has 0 aliphatic carbocycles. The second kappa shape index (κ2) is 4.46. The van der Waals surface area contributed by atoms with Crippen molar-refractivity contribution in [1.82, 2.24) is 4.98 Å². The van der Waals surface area contributed by atoms with E-state index in [2.05, 4.69) is 23.0 Å². The van der Waals surface area contributed by atoms with Crippen LogP contribution in [0, 0.1) is 0 Å². The van der Waals surface area contributed by atoms with Crippen molar-refractivity contribution in [3.63, 3.8) is 0 Å². The lowest BCUT2D eigenvalue weighted by molar-refractivity contribution is 0.193. The number of benzene rings is 1. The number of hydrogen-bond acceptors (Lipinski definition) is 4. The second-order valence-electron chi connectivity index (χ2n) is 4.75. The number of nitrogen functional groups attached to an aromatic ring is 1. The third-order valence-electron chi connectivity index (χ3n) is 3.51. The van der Waals surface area contributed by atoms with Gasteiger partial charge in [0.2, 0.25) is 0 Å². The number of fused-ring (bicyclic) bond motifs is 1. The van der Waals surface area contributed by atoms with Gasteiger partial charge in [-0.25, -0.2) is 4.98 Å². The fourth-order valence-electron chi connectivity index (χ4n) is 2.34. The molecule has 1 atom stereocenters. The van der Waals surface area contributed by atoms with Gasteiger partial charge in [-0.15, -0.1) is 0 Å². The van der Waals surface area contributed by atoms with Crippen LogP contribution < -0.4 is 10.6 Å². The Balaban J connectivity index is 1.94. The number of anilines is 2. The van der Waals surface area contributed by atoms with Crippen LogP contribution >= 0.6 is 0 Å². The summed E-state index contributed by atoms with van der Waals surface area (Å²) in [6.45, 7) is 1.64. The Labute approximate surface area is 106 Å². The maximum absolute atomic E-state index is 5.77. The quantitative estimate of drug-likeness (QED) is 0.820. The summed E-state index contributed by atoms with van der Waals surface area (Å²) in [5.74, 6) is 0.989. The van der Waals surface area contributed by atoms with Crippen molar-refractivity contribution in [3.05, 3.63) is 30.3 Å². The zero-order chi connectivity index (χ0) is 12.5. The number of nitrogens with zero attached hydrogens (tertiary/aromatic N) is 2. The van der Waals surface area contributed by atoms with Gasteiger partial charge in [-0.2, -0.15) is 0 Å². The Hall–Kier alpha value is -1.81. The summed E-state index contributed by atoms with van der Waals surface area (Å²) in [6.07, 6.45) is 1.07. The number of nitrogens with two attached hydrogens (primary N) is 1. The second-order valence-corrected chi connectivity index (χ2v) is 4.75. The van der Waals surface area contributed by atoms with E-state index in [1.807, 2.05) is 24.3 Å². The molecule has 0 amide bonds. The van der Waals surface area contributed by atoms with E-state index in [0.717, 1.165) is 42.0 Å². The normalized spacial score (nSPS) is 19.3. The number of ether oxygens (including phenoxy) is 1. The van der Waals surface area contributed by atoms with Crippen molar-refractivity contribution in [1.29, 1.82) is 0 Å². The first kappa shape index (κ1) is 11.3. The van der Waals surface area contributed by atoms with Gasteiger partial charge < -0.3 is 15.4 Å². The SMILES string of the molecule is CN(c1ccc2cc(N)ccc2n1)C1CCOC1. The highest BCUT2D eigenvalue weighted by Crippen LogP contribution is 2.22. The minimum atomic E-state index is 0.434. The molecule has 2 N–H and O–H groups in total. The Morgan fingerprint density at radius 1 is 1.33 bits per heavy atom. The van der Waals surface area contributed by atoms with E-state index in [1.54, 1.807) is 0 Å². The van der Waals surface area contributed by atoms with Gasteiger partial charge in [0.05, 0.1) is 18.2 Å². The lowest BCUT2D eigenvalue weighted by Crippen LogP contribution is -2.32. The molecule has 1 saturated heterocycles. The zero-order valence-electron chi connectivity index (χ0n) is 10.5. The molecular weight excluding hydrogens is 226 g/mol. The van der Waals surface area contributed by atoms with Crippen LogP contribution in [0.2, 0.25) is 0 Å². The van der Waals surface area contributed by atoms with Gasteiger partial charge in [0.1, 0.15) is 5.82 Å². The maximum Gasteiger partial charge on any atom is 0.129 e. The molecular formula is C14H17N3O. The van der Waals surface area contributed by atoms with E-state index in [-0.39, 0.29) is 0 Å². The minimum Gasteiger partial charge on any atom is -0.399 e. The third-order valence-corrected chi connectivity index (χ3v) is 3.51. The number of aromatic nitrogens is 1.